The van der Waals surface area contributed by atoms with Gasteiger partial charge in [0.05, 0.1) is 12.7 Å². The van der Waals surface area contributed by atoms with Gasteiger partial charge in [0.25, 0.3) is 5.91 Å². The molecule has 7 nitrogen and oxygen atoms in total. The average Bonchev–Trinajstić information content (AvgIpc) is 2.97. The van der Waals surface area contributed by atoms with E-state index in [9.17, 15) is 14.9 Å². The Labute approximate surface area is 122 Å². The molecule has 1 amide bonds. The van der Waals surface area contributed by atoms with Gasteiger partial charge in [0, 0.05) is 19.7 Å². The third kappa shape index (κ3) is 3.91. The van der Waals surface area contributed by atoms with Gasteiger partial charge in [-0.25, -0.2) is 0 Å². The number of rotatable bonds is 6. The number of furan rings is 1. The summed E-state index contributed by atoms with van der Waals surface area (Å²) in [5.41, 5.74) is 0. The molecule has 0 N–H and O–H groups in total. The lowest BCUT2D eigenvalue weighted by atomic mass is 9.97. The summed E-state index contributed by atoms with van der Waals surface area (Å²) >= 11 is 0. The van der Waals surface area contributed by atoms with Gasteiger partial charge >= 0.3 is 5.88 Å². The second kappa shape index (κ2) is 7.03. The van der Waals surface area contributed by atoms with Gasteiger partial charge in [0.2, 0.25) is 0 Å². The third-order valence-corrected chi connectivity index (χ3v) is 3.47. The zero-order chi connectivity index (χ0) is 15.2. The predicted octanol–water partition coefficient (Wildman–Crippen LogP) is 2.24. The maximum Gasteiger partial charge on any atom is 0.433 e. The fourth-order valence-electron chi connectivity index (χ4n) is 2.32. The van der Waals surface area contributed by atoms with Crippen molar-refractivity contribution in [3.63, 3.8) is 0 Å². The quantitative estimate of drug-likeness (QED) is 0.347. The predicted molar refractivity (Wildman–Crippen MR) is 75.0 cm³/mol. The molecule has 0 aromatic carbocycles. The van der Waals surface area contributed by atoms with Crippen molar-refractivity contribution in [3.8, 4) is 0 Å². The molecule has 0 unspecified atom stereocenters. The molecule has 0 radical (unpaired) electrons. The van der Waals surface area contributed by atoms with E-state index in [-0.39, 0.29) is 11.7 Å². The molecule has 1 fully saturated rings. The van der Waals surface area contributed by atoms with Crippen molar-refractivity contribution in [3.05, 3.63) is 40.7 Å². The van der Waals surface area contributed by atoms with Crippen LogP contribution in [0.2, 0.25) is 0 Å². The van der Waals surface area contributed by atoms with Gasteiger partial charge < -0.3 is 14.1 Å². The lowest BCUT2D eigenvalue weighted by Crippen LogP contribution is -2.39. The molecule has 1 aliphatic heterocycles. The zero-order valence-corrected chi connectivity index (χ0v) is 11.7. The minimum Gasteiger partial charge on any atom is -0.395 e. The van der Waals surface area contributed by atoms with Crippen molar-refractivity contribution in [1.82, 2.24) is 4.90 Å². The van der Waals surface area contributed by atoms with Crippen molar-refractivity contribution in [2.45, 2.75) is 12.8 Å². The van der Waals surface area contributed by atoms with E-state index in [2.05, 4.69) is 6.58 Å². The Morgan fingerprint density at radius 3 is 2.81 bits per heavy atom. The Balaban J connectivity index is 1.84. The van der Waals surface area contributed by atoms with E-state index in [1.54, 1.807) is 11.0 Å². The number of hydrogen-bond acceptors (Lipinski definition) is 5. The first-order valence-electron chi connectivity index (χ1n) is 6.84. The van der Waals surface area contributed by atoms with Gasteiger partial charge in [-0.3, -0.25) is 14.9 Å². The number of carbonyl (C=O) groups excluding carboxylic acids is 1. The van der Waals surface area contributed by atoms with E-state index in [0.29, 0.717) is 32.2 Å². The molecule has 0 bridgehead atoms. The summed E-state index contributed by atoms with van der Waals surface area (Å²) in [5.74, 6) is -0.261. The topological polar surface area (TPSA) is 85.8 Å². The normalized spacial score (nSPS) is 15.9. The van der Waals surface area contributed by atoms with E-state index < -0.39 is 10.8 Å². The summed E-state index contributed by atoms with van der Waals surface area (Å²) in [6.45, 7) is 6.01. The smallest absolute Gasteiger partial charge is 0.395 e. The maximum absolute atomic E-state index is 12.2. The molecule has 0 saturated carbocycles. The highest BCUT2D eigenvalue weighted by Crippen LogP contribution is 2.22. The lowest BCUT2D eigenvalue weighted by Gasteiger charge is -2.31. The molecule has 114 valence electrons. The molecule has 1 aliphatic rings. The molecule has 1 saturated heterocycles. The van der Waals surface area contributed by atoms with Crippen LogP contribution in [0, 0.1) is 16.0 Å². The maximum atomic E-state index is 12.2. The van der Waals surface area contributed by atoms with Crippen molar-refractivity contribution in [1.29, 1.82) is 0 Å². The van der Waals surface area contributed by atoms with Crippen LogP contribution in [0.3, 0.4) is 0 Å². The molecule has 0 aliphatic carbocycles. The van der Waals surface area contributed by atoms with Crippen molar-refractivity contribution < 1.29 is 18.9 Å². The molecule has 0 atom stereocenters. The Bertz CT molecular complexity index is 517. The number of hydrogen-bond donors (Lipinski definition) is 0. The second-order valence-corrected chi connectivity index (χ2v) is 4.96. The van der Waals surface area contributed by atoms with E-state index in [0.717, 1.165) is 12.8 Å². The fraction of sp³-hybridized carbons (Fsp3) is 0.500. The van der Waals surface area contributed by atoms with Crippen LogP contribution in [0.5, 0.6) is 0 Å². The van der Waals surface area contributed by atoms with E-state index in [1.165, 1.54) is 12.1 Å². The van der Waals surface area contributed by atoms with Gasteiger partial charge in [-0.15, -0.1) is 6.58 Å². The van der Waals surface area contributed by atoms with Crippen molar-refractivity contribution in [2.24, 2.45) is 5.92 Å². The summed E-state index contributed by atoms with van der Waals surface area (Å²) in [5, 5.41) is 10.5. The standard InChI is InChI=1S/C14H18N2O5/c1-2-9-20-10-11-5-7-15(8-6-11)14(17)12-3-4-13(21-12)16(18)19/h2-4,11H,1,5-10H2. The highest BCUT2D eigenvalue weighted by molar-refractivity contribution is 5.91. The Morgan fingerprint density at radius 1 is 1.52 bits per heavy atom. The highest BCUT2D eigenvalue weighted by Gasteiger charge is 2.26. The summed E-state index contributed by atoms with van der Waals surface area (Å²) in [7, 11) is 0. The van der Waals surface area contributed by atoms with Crippen LogP contribution in [0.15, 0.2) is 29.2 Å². The van der Waals surface area contributed by atoms with Crippen LogP contribution in [0.1, 0.15) is 23.4 Å². The number of likely N-dealkylation sites (tertiary alicyclic amines) is 1. The van der Waals surface area contributed by atoms with Gasteiger partial charge in [-0.05, 0) is 24.8 Å². The SMILES string of the molecule is C=CCOCC1CCN(C(=O)c2ccc([N+](=O)[O-])o2)CC1. The first-order chi connectivity index (χ1) is 10.1. The van der Waals surface area contributed by atoms with Crippen LogP contribution >= 0.6 is 0 Å². The minimum absolute atomic E-state index is 0.0167. The minimum atomic E-state index is -0.653. The van der Waals surface area contributed by atoms with Crippen molar-refractivity contribution in [2.75, 3.05) is 26.3 Å². The fourth-order valence-corrected chi connectivity index (χ4v) is 2.32. The Morgan fingerprint density at radius 2 is 2.24 bits per heavy atom. The first-order valence-corrected chi connectivity index (χ1v) is 6.84. The Hall–Kier alpha value is -2.15. The van der Waals surface area contributed by atoms with E-state index in [1.807, 2.05) is 0 Å². The Kier molecular flexibility index (Phi) is 5.10. The molecule has 1 aromatic heterocycles. The summed E-state index contributed by atoms with van der Waals surface area (Å²) in [6.07, 6.45) is 3.42. The summed E-state index contributed by atoms with van der Waals surface area (Å²) < 4.78 is 10.4. The van der Waals surface area contributed by atoms with Crippen LogP contribution in [-0.4, -0.2) is 42.0 Å². The first kappa shape index (κ1) is 15.2. The zero-order valence-electron chi connectivity index (χ0n) is 11.7. The summed E-state index contributed by atoms with van der Waals surface area (Å²) in [4.78, 5) is 23.7. The molecule has 0 spiro atoms. The van der Waals surface area contributed by atoms with Gasteiger partial charge in [0.1, 0.15) is 4.92 Å². The monoisotopic (exact) mass is 294 g/mol. The molecule has 7 heteroatoms. The largest absolute Gasteiger partial charge is 0.433 e. The second-order valence-electron chi connectivity index (χ2n) is 4.96. The number of carbonyl (C=O) groups is 1. The van der Waals surface area contributed by atoms with E-state index >= 15 is 0 Å². The number of nitrogens with zero attached hydrogens (tertiary/aromatic N) is 2. The molecular formula is C14H18N2O5. The van der Waals surface area contributed by atoms with Crippen molar-refractivity contribution >= 4 is 11.8 Å². The third-order valence-electron chi connectivity index (χ3n) is 3.47. The molecule has 2 rings (SSSR count). The van der Waals surface area contributed by atoms with E-state index in [4.69, 9.17) is 9.15 Å². The molecule has 2 heterocycles. The number of ether oxygens (including phenoxy) is 1. The number of amides is 1. The molecular weight excluding hydrogens is 276 g/mol. The lowest BCUT2D eigenvalue weighted by molar-refractivity contribution is -0.402. The van der Waals surface area contributed by atoms with Gasteiger partial charge in [-0.2, -0.15) is 0 Å². The average molecular weight is 294 g/mol. The molecule has 21 heavy (non-hydrogen) atoms. The van der Waals surface area contributed by atoms with Gasteiger partial charge in [0.15, 0.2) is 5.76 Å². The van der Waals surface area contributed by atoms with Crippen LogP contribution in [-0.2, 0) is 4.74 Å². The number of piperidine rings is 1. The molecule has 1 aromatic rings. The van der Waals surface area contributed by atoms with Crippen LogP contribution in [0.4, 0.5) is 5.88 Å². The van der Waals surface area contributed by atoms with Gasteiger partial charge in [-0.1, -0.05) is 6.08 Å². The highest BCUT2D eigenvalue weighted by atomic mass is 16.6. The number of nitro groups is 1. The van der Waals surface area contributed by atoms with Crippen LogP contribution in [0.25, 0.3) is 0 Å². The van der Waals surface area contributed by atoms with Crippen LogP contribution < -0.4 is 0 Å². The summed E-state index contributed by atoms with van der Waals surface area (Å²) in [6, 6.07) is 2.54.